The first-order chi connectivity index (χ1) is 10.3. The zero-order valence-corrected chi connectivity index (χ0v) is 14.5. The van der Waals surface area contributed by atoms with Crippen molar-refractivity contribution in [1.29, 1.82) is 0 Å². The highest BCUT2D eigenvalue weighted by Gasteiger charge is 2.31. The minimum absolute atomic E-state index is 0.305. The Hall–Kier alpha value is -0.530. The standard InChI is InChI=1S/C19H31ClO/c1-3-5-6-7-8-9-13-16-19(17-20,21-4-2)18-14-11-10-12-15-18/h10-12,14-15H,3-9,13,16-17H2,1-2H3. The molecule has 0 fully saturated rings. The fourth-order valence-electron chi connectivity index (χ4n) is 2.87. The molecule has 1 atom stereocenters. The number of halogens is 1. The SMILES string of the molecule is CCCCCCCCCC(CCl)(OCC)c1ccccc1. The van der Waals surface area contributed by atoms with Crippen LogP contribution in [0, 0.1) is 0 Å². The van der Waals surface area contributed by atoms with Gasteiger partial charge in [0.25, 0.3) is 0 Å². The summed E-state index contributed by atoms with van der Waals surface area (Å²) in [6.07, 6.45) is 10.2. The van der Waals surface area contributed by atoms with Crippen molar-refractivity contribution in [3.63, 3.8) is 0 Å². The van der Waals surface area contributed by atoms with E-state index in [4.69, 9.17) is 16.3 Å². The molecule has 0 spiro atoms. The molecule has 0 bridgehead atoms. The van der Waals surface area contributed by atoms with Crippen molar-refractivity contribution in [2.24, 2.45) is 0 Å². The first-order valence-corrected chi connectivity index (χ1v) is 9.08. The van der Waals surface area contributed by atoms with E-state index in [2.05, 4.69) is 38.1 Å². The summed E-state index contributed by atoms with van der Waals surface area (Å²) < 4.78 is 6.08. The molecule has 1 nitrogen and oxygen atoms in total. The minimum Gasteiger partial charge on any atom is -0.369 e. The Morgan fingerprint density at radius 1 is 0.905 bits per heavy atom. The van der Waals surface area contributed by atoms with Crippen LogP contribution < -0.4 is 0 Å². The van der Waals surface area contributed by atoms with E-state index in [0.717, 1.165) is 6.42 Å². The third-order valence-corrected chi connectivity index (χ3v) is 4.55. The predicted octanol–water partition coefficient (Wildman–Crippen LogP) is 6.30. The molecule has 0 radical (unpaired) electrons. The fourth-order valence-corrected chi connectivity index (χ4v) is 3.23. The van der Waals surface area contributed by atoms with Crippen LogP contribution in [0.3, 0.4) is 0 Å². The molecule has 0 N–H and O–H groups in total. The summed E-state index contributed by atoms with van der Waals surface area (Å²) in [7, 11) is 0. The van der Waals surface area contributed by atoms with Crippen LogP contribution in [0.2, 0.25) is 0 Å². The van der Waals surface area contributed by atoms with Gasteiger partial charge in [-0.25, -0.2) is 0 Å². The number of ether oxygens (including phenoxy) is 1. The van der Waals surface area contributed by atoms with E-state index >= 15 is 0 Å². The normalized spacial score (nSPS) is 14.0. The van der Waals surface area contributed by atoms with Gasteiger partial charge in [-0.1, -0.05) is 82.2 Å². The Morgan fingerprint density at radius 3 is 2.10 bits per heavy atom. The van der Waals surface area contributed by atoms with E-state index < -0.39 is 0 Å². The molecule has 0 saturated carbocycles. The number of unbranched alkanes of at least 4 members (excludes halogenated alkanes) is 6. The van der Waals surface area contributed by atoms with Crippen LogP contribution in [0.4, 0.5) is 0 Å². The lowest BCUT2D eigenvalue weighted by molar-refractivity contribution is -0.0346. The Morgan fingerprint density at radius 2 is 1.52 bits per heavy atom. The lowest BCUT2D eigenvalue weighted by Gasteiger charge is -2.32. The predicted molar refractivity (Wildman–Crippen MR) is 93.1 cm³/mol. The van der Waals surface area contributed by atoms with E-state index in [0.29, 0.717) is 12.5 Å². The second-order valence-electron chi connectivity index (χ2n) is 5.80. The van der Waals surface area contributed by atoms with Gasteiger partial charge in [-0.2, -0.15) is 0 Å². The van der Waals surface area contributed by atoms with Crippen LogP contribution in [0.15, 0.2) is 30.3 Å². The van der Waals surface area contributed by atoms with E-state index in [1.165, 1.54) is 50.5 Å². The van der Waals surface area contributed by atoms with Crippen LogP contribution >= 0.6 is 11.6 Å². The van der Waals surface area contributed by atoms with Gasteiger partial charge in [0.2, 0.25) is 0 Å². The van der Waals surface area contributed by atoms with Gasteiger partial charge in [-0.3, -0.25) is 0 Å². The van der Waals surface area contributed by atoms with Crippen LogP contribution in [-0.4, -0.2) is 12.5 Å². The summed E-state index contributed by atoms with van der Waals surface area (Å²) >= 11 is 6.29. The molecule has 0 amide bonds. The van der Waals surface area contributed by atoms with Gasteiger partial charge in [0.15, 0.2) is 0 Å². The molecule has 0 aliphatic rings. The fraction of sp³-hybridized carbons (Fsp3) is 0.684. The van der Waals surface area contributed by atoms with Crippen molar-refractivity contribution < 1.29 is 4.74 Å². The highest BCUT2D eigenvalue weighted by molar-refractivity contribution is 6.18. The van der Waals surface area contributed by atoms with Crippen LogP contribution in [0.5, 0.6) is 0 Å². The summed E-state index contributed by atoms with van der Waals surface area (Å²) in [4.78, 5) is 0. The number of benzene rings is 1. The maximum Gasteiger partial charge on any atom is 0.107 e. The average molecular weight is 311 g/mol. The van der Waals surface area contributed by atoms with Gasteiger partial charge in [-0.05, 0) is 18.9 Å². The molecule has 0 aromatic heterocycles. The maximum atomic E-state index is 6.29. The third-order valence-electron chi connectivity index (χ3n) is 4.12. The monoisotopic (exact) mass is 310 g/mol. The first kappa shape index (κ1) is 18.5. The lowest BCUT2D eigenvalue weighted by atomic mass is 9.89. The molecular formula is C19H31ClO. The number of rotatable bonds is 12. The largest absolute Gasteiger partial charge is 0.369 e. The zero-order valence-electron chi connectivity index (χ0n) is 13.7. The Balaban J connectivity index is 2.47. The second-order valence-corrected chi connectivity index (χ2v) is 6.07. The van der Waals surface area contributed by atoms with Crippen molar-refractivity contribution in [1.82, 2.24) is 0 Å². The topological polar surface area (TPSA) is 9.23 Å². The van der Waals surface area contributed by atoms with Gasteiger partial charge in [0, 0.05) is 6.61 Å². The van der Waals surface area contributed by atoms with Crippen LogP contribution in [0.1, 0.15) is 70.8 Å². The van der Waals surface area contributed by atoms with Gasteiger partial charge >= 0.3 is 0 Å². The molecule has 0 aliphatic carbocycles. The summed E-state index contributed by atoms with van der Waals surface area (Å²) in [5.74, 6) is 0.528. The van der Waals surface area contributed by atoms with Crippen LogP contribution in [0.25, 0.3) is 0 Å². The molecule has 1 aromatic rings. The Labute approximate surface area is 136 Å². The lowest BCUT2D eigenvalue weighted by Crippen LogP contribution is -2.32. The summed E-state index contributed by atoms with van der Waals surface area (Å²) in [5.41, 5.74) is 0.911. The number of hydrogen-bond acceptors (Lipinski definition) is 1. The van der Waals surface area contributed by atoms with E-state index in [1.807, 2.05) is 6.07 Å². The van der Waals surface area contributed by atoms with Crippen molar-refractivity contribution in [3.8, 4) is 0 Å². The molecule has 0 heterocycles. The number of alkyl halides is 1. The van der Waals surface area contributed by atoms with Gasteiger partial charge < -0.3 is 4.74 Å². The second kappa shape index (κ2) is 11.1. The molecule has 21 heavy (non-hydrogen) atoms. The van der Waals surface area contributed by atoms with Crippen LogP contribution in [-0.2, 0) is 10.3 Å². The Kier molecular flexibility index (Phi) is 9.78. The van der Waals surface area contributed by atoms with E-state index in [9.17, 15) is 0 Å². The smallest absolute Gasteiger partial charge is 0.107 e. The molecule has 1 aromatic carbocycles. The summed E-state index contributed by atoms with van der Waals surface area (Å²) in [6, 6.07) is 10.5. The molecule has 0 saturated heterocycles. The first-order valence-electron chi connectivity index (χ1n) is 8.54. The van der Waals surface area contributed by atoms with Gasteiger partial charge in [-0.15, -0.1) is 11.6 Å². The Bertz CT molecular complexity index is 352. The summed E-state index contributed by atoms with van der Waals surface area (Å²) in [5, 5.41) is 0. The third kappa shape index (κ3) is 6.40. The molecule has 120 valence electrons. The maximum absolute atomic E-state index is 6.29. The van der Waals surface area contributed by atoms with Crippen molar-refractivity contribution >= 4 is 11.6 Å². The average Bonchev–Trinajstić information content (AvgIpc) is 2.54. The van der Waals surface area contributed by atoms with Crippen molar-refractivity contribution in [2.75, 3.05) is 12.5 Å². The molecule has 2 heteroatoms. The molecule has 1 rings (SSSR count). The van der Waals surface area contributed by atoms with Crippen molar-refractivity contribution in [3.05, 3.63) is 35.9 Å². The van der Waals surface area contributed by atoms with E-state index in [-0.39, 0.29) is 5.60 Å². The highest BCUT2D eigenvalue weighted by atomic mass is 35.5. The van der Waals surface area contributed by atoms with Crippen molar-refractivity contribution in [2.45, 2.75) is 70.8 Å². The molecule has 1 unspecified atom stereocenters. The number of hydrogen-bond donors (Lipinski definition) is 0. The quantitative estimate of drug-likeness (QED) is 0.325. The minimum atomic E-state index is -0.305. The molecule has 0 aliphatic heterocycles. The summed E-state index contributed by atoms with van der Waals surface area (Å²) in [6.45, 7) is 5.02. The molecular weight excluding hydrogens is 280 g/mol. The van der Waals surface area contributed by atoms with Gasteiger partial charge in [0.05, 0.1) is 5.88 Å². The zero-order chi connectivity index (χ0) is 15.4. The van der Waals surface area contributed by atoms with E-state index in [1.54, 1.807) is 0 Å². The highest BCUT2D eigenvalue weighted by Crippen LogP contribution is 2.33. The van der Waals surface area contributed by atoms with Gasteiger partial charge in [0.1, 0.15) is 5.60 Å².